The summed E-state index contributed by atoms with van der Waals surface area (Å²) in [5, 5.41) is 0. The number of anilines is 1. The molecule has 0 aromatic carbocycles. The predicted molar refractivity (Wildman–Crippen MR) is 74.4 cm³/mol. The van der Waals surface area contributed by atoms with Crippen molar-refractivity contribution in [2.45, 2.75) is 46.7 Å². The lowest BCUT2D eigenvalue weighted by molar-refractivity contribution is 0.293. The fraction of sp³-hybridized carbons (Fsp3) is 0.714. The Morgan fingerprint density at radius 1 is 1.39 bits per heavy atom. The zero-order valence-electron chi connectivity index (χ0n) is 11.8. The van der Waals surface area contributed by atoms with Gasteiger partial charge in [-0.25, -0.2) is 9.97 Å². The van der Waals surface area contributed by atoms with Crippen molar-refractivity contribution in [3.8, 4) is 0 Å². The van der Waals surface area contributed by atoms with Crippen LogP contribution in [-0.2, 0) is 6.54 Å². The molecule has 1 saturated heterocycles. The summed E-state index contributed by atoms with van der Waals surface area (Å²) in [5.41, 5.74) is 7.69. The van der Waals surface area contributed by atoms with E-state index < -0.39 is 0 Å². The topological polar surface area (TPSA) is 55.0 Å². The molecular weight excluding hydrogens is 224 g/mol. The highest BCUT2D eigenvalue weighted by atomic mass is 15.3. The minimum absolute atomic E-state index is 0.504. The standard InChI is InChI=1S/C14H24N4/c1-9-5-10(2)12(4)18(8-9)14-16-7-13(6-15)11(3)17-14/h7,9-10,12H,5-6,8,15H2,1-4H3. The van der Waals surface area contributed by atoms with Crippen molar-refractivity contribution >= 4 is 5.95 Å². The molecule has 2 N–H and O–H groups in total. The first-order valence-electron chi connectivity index (χ1n) is 6.82. The number of hydrogen-bond donors (Lipinski definition) is 1. The zero-order valence-corrected chi connectivity index (χ0v) is 11.8. The van der Waals surface area contributed by atoms with Gasteiger partial charge in [0.05, 0.1) is 0 Å². The molecule has 0 spiro atoms. The van der Waals surface area contributed by atoms with Crippen LogP contribution in [-0.4, -0.2) is 22.6 Å². The average Bonchev–Trinajstić information content (AvgIpc) is 2.33. The summed E-state index contributed by atoms with van der Waals surface area (Å²) in [6, 6.07) is 0.504. The number of aromatic nitrogens is 2. The molecule has 0 bridgehead atoms. The Hall–Kier alpha value is -1.16. The Balaban J connectivity index is 2.27. The molecule has 4 heteroatoms. The van der Waals surface area contributed by atoms with Crippen LogP contribution in [0.2, 0.25) is 0 Å². The Bertz CT molecular complexity index is 418. The van der Waals surface area contributed by atoms with Gasteiger partial charge < -0.3 is 10.6 Å². The van der Waals surface area contributed by atoms with Crippen LogP contribution in [0.15, 0.2) is 6.20 Å². The first-order chi connectivity index (χ1) is 8.52. The summed E-state index contributed by atoms with van der Waals surface area (Å²) in [4.78, 5) is 11.4. The zero-order chi connectivity index (χ0) is 13.3. The van der Waals surface area contributed by atoms with Crippen molar-refractivity contribution in [1.29, 1.82) is 0 Å². The summed E-state index contributed by atoms with van der Waals surface area (Å²) in [6.07, 6.45) is 3.16. The summed E-state index contributed by atoms with van der Waals surface area (Å²) in [5.74, 6) is 2.25. The van der Waals surface area contributed by atoms with Gasteiger partial charge in [-0.15, -0.1) is 0 Å². The van der Waals surface area contributed by atoms with Crippen molar-refractivity contribution in [3.63, 3.8) is 0 Å². The van der Waals surface area contributed by atoms with Crippen LogP contribution >= 0.6 is 0 Å². The molecule has 1 aliphatic heterocycles. The quantitative estimate of drug-likeness (QED) is 0.871. The van der Waals surface area contributed by atoms with Crippen LogP contribution in [0.3, 0.4) is 0 Å². The van der Waals surface area contributed by atoms with Crippen molar-refractivity contribution in [2.75, 3.05) is 11.4 Å². The average molecular weight is 248 g/mol. The number of piperidine rings is 1. The Kier molecular flexibility index (Phi) is 3.85. The molecule has 1 aromatic rings. The van der Waals surface area contributed by atoms with E-state index in [1.54, 1.807) is 0 Å². The third-order valence-electron chi connectivity index (χ3n) is 4.14. The number of rotatable bonds is 2. The molecule has 0 saturated carbocycles. The Morgan fingerprint density at radius 3 is 2.72 bits per heavy atom. The molecule has 1 fully saturated rings. The first kappa shape index (κ1) is 13.3. The number of nitrogens with two attached hydrogens (primary N) is 1. The normalized spacial score (nSPS) is 28.5. The van der Waals surface area contributed by atoms with Crippen LogP contribution in [0.4, 0.5) is 5.95 Å². The summed E-state index contributed by atoms with van der Waals surface area (Å²) < 4.78 is 0. The fourth-order valence-corrected chi connectivity index (χ4v) is 2.80. The molecule has 18 heavy (non-hydrogen) atoms. The molecule has 2 heterocycles. The maximum atomic E-state index is 5.66. The lowest BCUT2D eigenvalue weighted by Gasteiger charge is -2.41. The van der Waals surface area contributed by atoms with Crippen molar-refractivity contribution < 1.29 is 0 Å². The molecule has 2 rings (SSSR count). The van der Waals surface area contributed by atoms with Gasteiger partial charge >= 0.3 is 0 Å². The number of nitrogens with zero attached hydrogens (tertiary/aromatic N) is 3. The third kappa shape index (κ3) is 2.48. The Morgan fingerprint density at radius 2 is 2.11 bits per heavy atom. The van der Waals surface area contributed by atoms with Crippen molar-refractivity contribution in [2.24, 2.45) is 17.6 Å². The highest BCUT2D eigenvalue weighted by Gasteiger charge is 2.30. The molecule has 1 aliphatic rings. The van der Waals surface area contributed by atoms with E-state index in [1.807, 2.05) is 13.1 Å². The minimum atomic E-state index is 0.504. The monoisotopic (exact) mass is 248 g/mol. The Labute approximate surface area is 110 Å². The predicted octanol–water partition coefficient (Wildman–Crippen LogP) is 2.11. The molecule has 3 unspecified atom stereocenters. The molecule has 3 atom stereocenters. The van der Waals surface area contributed by atoms with Crippen molar-refractivity contribution in [1.82, 2.24) is 9.97 Å². The first-order valence-corrected chi connectivity index (χ1v) is 6.82. The van der Waals surface area contributed by atoms with Gasteiger partial charge in [-0.2, -0.15) is 0 Å². The molecule has 100 valence electrons. The van der Waals surface area contributed by atoms with Crippen LogP contribution < -0.4 is 10.6 Å². The second kappa shape index (κ2) is 5.22. The van der Waals surface area contributed by atoms with Crippen molar-refractivity contribution in [3.05, 3.63) is 17.5 Å². The molecule has 4 nitrogen and oxygen atoms in total. The molecule has 0 aliphatic carbocycles. The van der Waals surface area contributed by atoms with E-state index in [-0.39, 0.29) is 0 Å². The summed E-state index contributed by atoms with van der Waals surface area (Å²) >= 11 is 0. The largest absolute Gasteiger partial charge is 0.338 e. The van der Waals surface area contributed by atoms with E-state index in [0.717, 1.165) is 23.8 Å². The minimum Gasteiger partial charge on any atom is -0.338 e. The lowest BCUT2D eigenvalue weighted by Crippen LogP contribution is -2.46. The highest BCUT2D eigenvalue weighted by Crippen LogP contribution is 2.29. The van der Waals surface area contributed by atoms with Gasteiger partial charge in [-0.05, 0) is 32.1 Å². The fourth-order valence-electron chi connectivity index (χ4n) is 2.80. The van der Waals surface area contributed by atoms with E-state index in [9.17, 15) is 0 Å². The third-order valence-corrected chi connectivity index (χ3v) is 4.14. The summed E-state index contributed by atoms with van der Waals surface area (Å²) in [6.45, 7) is 10.5. The maximum absolute atomic E-state index is 5.66. The van der Waals surface area contributed by atoms with Crippen LogP contribution in [0, 0.1) is 18.8 Å². The van der Waals surface area contributed by atoms with E-state index >= 15 is 0 Å². The maximum Gasteiger partial charge on any atom is 0.225 e. The van der Waals surface area contributed by atoms with E-state index in [4.69, 9.17) is 5.73 Å². The highest BCUT2D eigenvalue weighted by molar-refractivity contribution is 5.35. The number of hydrogen-bond acceptors (Lipinski definition) is 4. The van der Waals surface area contributed by atoms with Crippen LogP contribution in [0.25, 0.3) is 0 Å². The second-order valence-corrected chi connectivity index (χ2v) is 5.70. The van der Waals surface area contributed by atoms with Gasteiger partial charge in [0, 0.05) is 36.6 Å². The molecule has 1 aromatic heterocycles. The number of aryl methyl sites for hydroxylation is 1. The van der Waals surface area contributed by atoms with E-state index in [1.165, 1.54) is 6.42 Å². The van der Waals surface area contributed by atoms with Crippen LogP contribution in [0.5, 0.6) is 0 Å². The van der Waals surface area contributed by atoms with E-state index in [0.29, 0.717) is 24.4 Å². The summed E-state index contributed by atoms with van der Waals surface area (Å²) in [7, 11) is 0. The van der Waals surface area contributed by atoms with Gasteiger partial charge in [0.25, 0.3) is 0 Å². The SMILES string of the molecule is Cc1nc(N2CC(C)CC(C)C2C)ncc1CN. The van der Waals surface area contributed by atoms with E-state index in [2.05, 4.69) is 35.6 Å². The van der Waals surface area contributed by atoms with Gasteiger partial charge in [-0.3, -0.25) is 0 Å². The second-order valence-electron chi connectivity index (χ2n) is 5.70. The smallest absolute Gasteiger partial charge is 0.225 e. The molecule has 0 amide bonds. The van der Waals surface area contributed by atoms with Gasteiger partial charge in [-0.1, -0.05) is 13.8 Å². The van der Waals surface area contributed by atoms with Gasteiger partial charge in [0.2, 0.25) is 5.95 Å². The lowest BCUT2D eigenvalue weighted by atomic mass is 9.86. The van der Waals surface area contributed by atoms with Gasteiger partial charge in [0.1, 0.15) is 0 Å². The van der Waals surface area contributed by atoms with Gasteiger partial charge in [0.15, 0.2) is 0 Å². The molecular formula is C14H24N4. The van der Waals surface area contributed by atoms with Crippen LogP contribution in [0.1, 0.15) is 38.4 Å². The molecule has 0 radical (unpaired) electrons.